The van der Waals surface area contributed by atoms with E-state index in [1.807, 2.05) is 18.2 Å². The summed E-state index contributed by atoms with van der Waals surface area (Å²) in [5, 5.41) is 16.4. The van der Waals surface area contributed by atoms with E-state index < -0.39 is 11.6 Å². The van der Waals surface area contributed by atoms with Gasteiger partial charge in [-0.05, 0) is 43.9 Å². The second-order valence-corrected chi connectivity index (χ2v) is 8.29. The molecule has 1 aliphatic rings. The zero-order chi connectivity index (χ0) is 22.5. The third-order valence-electron chi connectivity index (χ3n) is 5.86. The van der Waals surface area contributed by atoms with Crippen LogP contribution in [0.4, 0.5) is 0 Å². The number of aromatic amines is 1. The number of H-pyrrole nitrogens is 1. The van der Waals surface area contributed by atoms with E-state index in [-0.39, 0.29) is 0 Å². The number of unbranched alkanes of at least 4 members (excludes halogenated alkanes) is 6. The molecule has 3 heterocycles. The van der Waals surface area contributed by atoms with Crippen LogP contribution in [0.25, 0.3) is 11.4 Å². The number of nitrogens with zero attached hydrogens (tertiary/aromatic N) is 2. The molecule has 0 bridgehead atoms. The van der Waals surface area contributed by atoms with Gasteiger partial charge in [0.25, 0.3) is 0 Å². The van der Waals surface area contributed by atoms with Crippen LogP contribution in [-0.2, 0) is 14.3 Å². The number of ether oxygens (including phenoxy) is 3. The molecule has 8 nitrogen and oxygen atoms in total. The topological polar surface area (TPSA) is 107 Å². The lowest BCUT2D eigenvalue weighted by Gasteiger charge is -2.27. The summed E-state index contributed by atoms with van der Waals surface area (Å²) in [5.74, 6) is -0.0672. The maximum Gasteiger partial charge on any atom is 0.336 e. The van der Waals surface area contributed by atoms with Crippen LogP contribution < -0.4 is 4.74 Å². The van der Waals surface area contributed by atoms with Gasteiger partial charge in [-0.3, -0.25) is 10.1 Å². The van der Waals surface area contributed by atoms with Crippen molar-refractivity contribution in [2.24, 2.45) is 0 Å². The molecule has 1 unspecified atom stereocenters. The highest BCUT2D eigenvalue weighted by molar-refractivity contribution is 5.77. The number of carboxylic acid groups (broad SMARTS) is 1. The lowest BCUT2D eigenvalue weighted by molar-refractivity contribution is -0.168. The molecule has 1 aliphatic heterocycles. The number of aromatic nitrogens is 3. The molecule has 1 saturated heterocycles. The smallest absolute Gasteiger partial charge is 0.336 e. The van der Waals surface area contributed by atoms with Crippen molar-refractivity contribution in [1.82, 2.24) is 15.2 Å². The van der Waals surface area contributed by atoms with E-state index in [4.69, 9.17) is 14.2 Å². The van der Waals surface area contributed by atoms with E-state index in [1.165, 1.54) is 12.8 Å². The summed E-state index contributed by atoms with van der Waals surface area (Å²) in [6.45, 7) is 2.29. The molecule has 0 amide bonds. The molecule has 0 spiro atoms. The van der Waals surface area contributed by atoms with E-state index in [1.54, 1.807) is 12.4 Å². The third kappa shape index (κ3) is 7.60. The summed E-state index contributed by atoms with van der Waals surface area (Å²) >= 11 is 0. The molecular formula is C24H35N3O5. The molecule has 8 heteroatoms. The molecular weight excluding hydrogens is 410 g/mol. The Morgan fingerprint density at radius 3 is 2.50 bits per heavy atom. The Kier molecular flexibility index (Phi) is 9.97. The molecule has 3 rings (SSSR count). The Labute approximate surface area is 189 Å². The second-order valence-electron chi connectivity index (χ2n) is 8.29. The van der Waals surface area contributed by atoms with Crippen molar-refractivity contribution in [2.45, 2.75) is 69.8 Å². The van der Waals surface area contributed by atoms with Gasteiger partial charge in [0.1, 0.15) is 5.75 Å². The highest BCUT2D eigenvalue weighted by Crippen LogP contribution is 2.26. The predicted molar refractivity (Wildman–Crippen MR) is 121 cm³/mol. The molecule has 0 saturated carbocycles. The Bertz CT molecular complexity index is 771. The fraction of sp³-hybridized carbons (Fsp3) is 0.625. The van der Waals surface area contributed by atoms with Crippen LogP contribution in [0.3, 0.4) is 0 Å². The highest BCUT2D eigenvalue weighted by Gasteiger charge is 2.39. The van der Waals surface area contributed by atoms with Crippen molar-refractivity contribution >= 4 is 5.97 Å². The number of rotatable bonds is 14. The molecule has 2 aromatic heterocycles. The van der Waals surface area contributed by atoms with Crippen LogP contribution in [-0.4, -0.2) is 58.3 Å². The number of hydrogen-bond acceptors (Lipinski definition) is 6. The van der Waals surface area contributed by atoms with Gasteiger partial charge < -0.3 is 19.3 Å². The van der Waals surface area contributed by atoms with E-state index in [0.717, 1.165) is 55.7 Å². The minimum absolute atomic E-state index is 0.439. The molecule has 0 aromatic carbocycles. The zero-order valence-corrected chi connectivity index (χ0v) is 18.8. The largest absolute Gasteiger partial charge is 0.492 e. The van der Waals surface area contributed by atoms with Gasteiger partial charge in [0.15, 0.2) is 5.60 Å². The van der Waals surface area contributed by atoms with Crippen LogP contribution in [0.1, 0.15) is 64.2 Å². The number of carbonyl (C=O) groups is 1. The number of nitrogens with one attached hydrogen (secondary N) is 1. The summed E-state index contributed by atoms with van der Waals surface area (Å²) in [6, 6.07) is 5.74. The van der Waals surface area contributed by atoms with E-state index in [2.05, 4.69) is 15.2 Å². The van der Waals surface area contributed by atoms with Gasteiger partial charge >= 0.3 is 5.97 Å². The minimum atomic E-state index is -1.05. The summed E-state index contributed by atoms with van der Waals surface area (Å²) in [6.07, 6.45) is 12.8. The monoisotopic (exact) mass is 445 g/mol. The third-order valence-corrected chi connectivity index (χ3v) is 5.86. The summed E-state index contributed by atoms with van der Waals surface area (Å²) in [4.78, 5) is 16.1. The second kappa shape index (κ2) is 13.2. The summed E-state index contributed by atoms with van der Waals surface area (Å²) in [5.41, 5.74) is 0.691. The fourth-order valence-electron chi connectivity index (χ4n) is 3.91. The molecule has 0 radical (unpaired) electrons. The van der Waals surface area contributed by atoms with Gasteiger partial charge in [0, 0.05) is 32.4 Å². The van der Waals surface area contributed by atoms with Crippen LogP contribution in [0.15, 0.2) is 30.6 Å². The first kappa shape index (κ1) is 24.2. The molecule has 2 N–H and O–H groups in total. The van der Waals surface area contributed by atoms with Crippen molar-refractivity contribution in [3.05, 3.63) is 30.6 Å². The summed E-state index contributed by atoms with van der Waals surface area (Å²) < 4.78 is 17.0. The maximum atomic E-state index is 11.7. The van der Waals surface area contributed by atoms with Crippen molar-refractivity contribution in [2.75, 3.05) is 26.4 Å². The first-order valence-electron chi connectivity index (χ1n) is 11.7. The van der Waals surface area contributed by atoms with Gasteiger partial charge in [-0.25, -0.2) is 4.79 Å². The molecule has 176 valence electrons. The highest BCUT2D eigenvalue weighted by atomic mass is 16.5. The van der Waals surface area contributed by atoms with Gasteiger partial charge in [-0.2, -0.15) is 5.10 Å². The Morgan fingerprint density at radius 1 is 1.03 bits per heavy atom. The number of carboxylic acids is 1. The minimum Gasteiger partial charge on any atom is -0.492 e. The average molecular weight is 446 g/mol. The average Bonchev–Trinajstić information content (AvgIpc) is 3.23. The lowest BCUT2D eigenvalue weighted by Crippen LogP contribution is -2.42. The van der Waals surface area contributed by atoms with Crippen LogP contribution in [0.2, 0.25) is 0 Å². The normalized spacial score (nSPS) is 18.9. The number of hydrogen-bond donors (Lipinski definition) is 2. The van der Waals surface area contributed by atoms with E-state index >= 15 is 0 Å². The Hall–Kier alpha value is -2.45. The van der Waals surface area contributed by atoms with Crippen LogP contribution in [0, 0.1) is 0 Å². The first-order valence-corrected chi connectivity index (χ1v) is 11.7. The van der Waals surface area contributed by atoms with Gasteiger partial charge in [0.05, 0.1) is 24.2 Å². The predicted octanol–water partition coefficient (Wildman–Crippen LogP) is 4.62. The number of pyridine rings is 1. The standard InChI is InChI=1S/C24H35N3O5/c28-23(29)24(12-8-15-30-18-13-24)32-17-7-5-3-1-2-4-6-16-31-20-9-10-21(25-19-20)22-11-14-26-27-22/h9-11,14,19H,1-8,12-13,15-18H2,(H,26,27)(H,28,29). The molecule has 0 aliphatic carbocycles. The Balaban J connectivity index is 1.18. The van der Waals surface area contributed by atoms with Crippen LogP contribution in [0.5, 0.6) is 5.75 Å². The molecule has 2 aromatic rings. The lowest BCUT2D eigenvalue weighted by atomic mass is 9.94. The van der Waals surface area contributed by atoms with Crippen LogP contribution >= 0.6 is 0 Å². The molecule has 1 atom stereocenters. The first-order chi connectivity index (χ1) is 15.7. The quantitative estimate of drug-likeness (QED) is 0.409. The summed E-state index contributed by atoms with van der Waals surface area (Å²) in [7, 11) is 0. The molecule has 1 fully saturated rings. The van der Waals surface area contributed by atoms with Crippen molar-refractivity contribution < 1.29 is 24.1 Å². The maximum absolute atomic E-state index is 11.7. The van der Waals surface area contributed by atoms with Gasteiger partial charge in [-0.15, -0.1) is 0 Å². The van der Waals surface area contributed by atoms with Gasteiger partial charge in [-0.1, -0.05) is 32.1 Å². The van der Waals surface area contributed by atoms with E-state index in [0.29, 0.717) is 39.3 Å². The van der Waals surface area contributed by atoms with Gasteiger partial charge in [0.2, 0.25) is 0 Å². The number of aliphatic carboxylic acids is 1. The van der Waals surface area contributed by atoms with E-state index in [9.17, 15) is 9.90 Å². The Morgan fingerprint density at radius 2 is 1.81 bits per heavy atom. The van der Waals surface area contributed by atoms with Crippen molar-refractivity contribution in [3.8, 4) is 17.1 Å². The van der Waals surface area contributed by atoms with Crippen molar-refractivity contribution in [3.63, 3.8) is 0 Å². The molecule has 32 heavy (non-hydrogen) atoms. The zero-order valence-electron chi connectivity index (χ0n) is 18.8. The fourth-order valence-corrected chi connectivity index (χ4v) is 3.91. The SMILES string of the molecule is O=C(O)C1(OCCCCCCCCCOc2ccc(-c3ccn[nH]3)nc2)CCCOCC1. The van der Waals surface area contributed by atoms with Crippen molar-refractivity contribution in [1.29, 1.82) is 0 Å².